The molecule has 0 fully saturated rings. The Morgan fingerprint density at radius 2 is 0.937 bits per heavy atom. The van der Waals surface area contributed by atoms with Gasteiger partial charge in [0.25, 0.3) is 11.1 Å². The highest BCUT2D eigenvalue weighted by atomic mass is 32.1. The maximum absolute atomic E-state index is 12.9. The largest absolute Gasteiger partial charge is 0.304 e. The Hall–Kier alpha value is -8.85. The van der Waals surface area contributed by atoms with E-state index in [2.05, 4.69) is 236 Å². The Kier molecular flexibility index (Phi) is 12.3. The molecule has 0 aliphatic rings. The van der Waals surface area contributed by atoms with Gasteiger partial charge < -0.3 is 8.80 Å². The van der Waals surface area contributed by atoms with E-state index in [1.165, 1.54) is 53.6 Å². The number of aromatic nitrogens is 5. The fourth-order valence-electron chi connectivity index (χ4n) is 11.7. The maximum Gasteiger partial charge on any atom is 0.273 e. The van der Waals surface area contributed by atoms with Crippen molar-refractivity contribution in [1.82, 2.24) is 23.8 Å². The summed E-state index contributed by atoms with van der Waals surface area (Å²) >= 11 is 1.84. The lowest BCUT2D eigenvalue weighted by molar-refractivity contribution is 0.557. The Balaban J connectivity index is 0.898. The number of fused-ring (bicyclic) bond motifs is 9. The van der Waals surface area contributed by atoms with Crippen LogP contribution in [0.4, 0.5) is 0 Å². The summed E-state index contributed by atoms with van der Waals surface area (Å²) in [5.74, 6) is 0. The molecule has 6 aromatic heterocycles. The van der Waals surface area contributed by atoms with Gasteiger partial charge in [0.15, 0.2) is 0 Å². The van der Waals surface area contributed by atoms with Crippen molar-refractivity contribution in [3.8, 4) is 44.6 Å². The Morgan fingerprint density at radius 3 is 1.54 bits per heavy atom. The number of hydrogen-bond acceptors (Lipinski definition) is 6. The predicted molar refractivity (Wildman–Crippen MR) is 329 cm³/mol. The molecule has 7 nitrogen and oxygen atoms in total. The van der Waals surface area contributed by atoms with E-state index in [9.17, 15) is 9.59 Å². The molecule has 0 saturated heterocycles. The normalized spacial score (nSPS) is 12.2. The summed E-state index contributed by atoms with van der Waals surface area (Å²) in [6.45, 7) is 12.8. The van der Waals surface area contributed by atoms with Gasteiger partial charge >= 0.3 is 0 Å². The van der Waals surface area contributed by atoms with Gasteiger partial charge in [-0.2, -0.15) is 9.97 Å². The molecule has 0 saturated carbocycles. The van der Waals surface area contributed by atoms with Gasteiger partial charge in [-0.25, -0.2) is 0 Å². The summed E-state index contributed by atoms with van der Waals surface area (Å²) in [6.07, 6.45) is 9.31. The summed E-state index contributed by atoms with van der Waals surface area (Å²) in [5, 5.41) is 6.63. The Morgan fingerprint density at radius 1 is 0.405 bits per heavy atom. The van der Waals surface area contributed by atoms with Crippen molar-refractivity contribution in [1.29, 1.82) is 0 Å². The number of nitrogens with zero attached hydrogens (tertiary/aromatic N) is 5. The molecule has 0 radical (unpaired) electrons. The Bertz CT molecular complexity index is 4520. The average Bonchev–Trinajstić information content (AvgIpc) is 3.93. The van der Waals surface area contributed by atoms with E-state index in [-0.39, 0.29) is 21.9 Å². The number of aryl methyl sites for hydroxylation is 4. The molecular weight excluding hydrogens is 987 g/mol. The highest BCUT2D eigenvalue weighted by Crippen LogP contribution is 2.43. The first-order valence-corrected chi connectivity index (χ1v) is 28.1. The highest BCUT2D eigenvalue weighted by molar-refractivity contribution is 7.25. The molecule has 0 bridgehead atoms. The summed E-state index contributed by atoms with van der Waals surface area (Å²) in [4.78, 5) is 39.7. The number of hydrogen-bond donors (Lipinski definition) is 0. The summed E-state index contributed by atoms with van der Waals surface area (Å²) in [5.41, 5.74) is 16.4. The number of rotatable bonds is 10. The van der Waals surface area contributed by atoms with Crippen molar-refractivity contribution in [2.45, 2.75) is 78.1 Å². The zero-order valence-corrected chi connectivity index (χ0v) is 46.2. The molecule has 386 valence electrons. The molecule has 0 aliphatic heterocycles. The molecule has 0 amide bonds. The third kappa shape index (κ3) is 9.50. The molecule has 8 heteroatoms. The fraction of sp³-hybridized carbons (Fsp3) is 0.169. The van der Waals surface area contributed by atoms with Gasteiger partial charge in [-0.1, -0.05) is 169 Å². The molecule has 13 rings (SSSR count). The highest BCUT2D eigenvalue weighted by Gasteiger charge is 2.22. The van der Waals surface area contributed by atoms with Gasteiger partial charge in [-0.15, -0.1) is 11.3 Å². The lowest BCUT2D eigenvalue weighted by Gasteiger charge is -2.22. The quantitative estimate of drug-likeness (QED) is 0.127. The van der Waals surface area contributed by atoms with Gasteiger partial charge in [0.1, 0.15) is 11.3 Å². The molecule has 0 spiro atoms. The van der Waals surface area contributed by atoms with Gasteiger partial charge in [0, 0.05) is 89.4 Å². The van der Waals surface area contributed by atoms with Crippen molar-refractivity contribution in [2.75, 3.05) is 0 Å². The molecule has 0 atom stereocenters. The van der Waals surface area contributed by atoms with E-state index >= 15 is 0 Å². The third-order valence-electron chi connectivity index (χ3n) is 15.6. The van der Waals surface area contributed by atoms with Crippen LogP contribution in [0.25, 0.3) is 97.6 Å². The van der Waals surface area contributed by atoms with Crippen molar-refractivity contribution in [3.05, 3.63) is 255 Å². The van der Waals surface area contributed by atoms with Crippen LogP contribution in [0.1, 0.15) is 75.2 Å². The molecule has 0 aliphatic carbocycles. The first-order valence-electron chi connectivity index (χ1n) is 27.3. The predicted octanol–water partition coefficient (Wildman–Crippen LogP) is 16.6. The van der Waals surface area contributed by atoms with Crippen molar-refractivity contribution in [3.63, 3.8) is 0 Å². The van der Waals surface area contributed by atoms with Crippen molar-refractivity contribution in [2.24, 2.45) is 0 Å². The second-order valence-corrected chi connectivity index (χ2v) is 24.3. The number of benzene rings is 7. The molecule has 79 heavy (non-hydrogen) atoms. The average molecular weight is 1050 g/mol. The number of thiophene rings is 1. The molecule has 0 unspecified atom stereocenters. The van der Waals surface area contributed by atoms with E-state index in [4.69, 9.17) is 4.98 Å². The van der Waals surface area contributed by atoms with Crippen LogP contribution in [0.2, 0.25) is 0 Å². The first kappa shape index (κ1) is 49.7. The smallest absolute Gasteiger partial charge is 0.273 e. The fourth-order valence-corrected chi connectivity index (χ4v) is 12.9. The van der Waals surface area contributed by atoms with Gasteiger partial charge in [0.05, 0.1) is 5.69 Å². The van der Waals surface area contributed by atoms with Crippen LogP contribution in [0.3, 0.4) is 0 Å². The molecule has 7 aromatic carbocycles. The molecule has 0 N–H and O–H groups in total. The second kappa shape index (κ2) is 19.6. The summed E-state index contributed by atoms with van der Waals surface area (Å²) in [7, 11) is 0. The second-order valence-electron chi connectivity index (χ2n) is 23.2. The van der Waals surface area contributed by atoms with E-state index in [1.54, 1.807) is 12.1 Å². The Labute approximate surface area is 463 Å². The lowest BCUT2D eigenvalue weighted by atomic mass is 9.86. The van der Waals surface area contributed by atoms with Crippen molar-refractivity contribution >= 4 is 64.3 Å². The minimum Gasteiger partial charge on any atom is -0.304 e. The van der Waals surface area contributed by atoms with Crippen LogP contribution in [0.15, 0.2) is 210 Å². The topological polar surface area (TPSA) is 81.6 Å². The first-order chi connectivity index (χ1) is 38.2. The SMILES string of the molecule is CC(C)(C)c1cc(=O)nc2c3ccc(CCc4cc(CCc5ccc6c(ccn7c(C(C)(C)C)cc(=O)nc67)c5)cc(-c5ccccc5-c5ccc(-c6ccccn6)cc5-c5ccc6c(c5)sc5ccccc56)c4)cc3ccn12. The van der Waals surface area contributed by atoms with E-state index in [0.717, 1.165) is 92.1 Å². The standard InChI is InChI=1S/C71H59N5O2S/c1-70(2,3)64-42-66(77)73-68-54-26-22-44(36-49(54)30-33-75(64)68)18-20-46-35-47(21-19-45-23-27-55-50(37-45)31-34-76-65(71(4,5)6)43-67(78)74-69(55)76)39-52(38-46)53-13-7-8-14-56(53)57-28-25-51(61-16-11-12-32-72-61)40-60(57)48-24-29-59-58-15-9-10-17-62(58)79-63(59)41-48/h7-17,22-43H,18-21H2,1-6H3. The summed E-state index contributed by atoms with van der Waals surface area (Å²) < 4.78 is 6.69. The van der Waals surface area contributed by atoms with Crippen LogP contribution in [-0.4, -0.2) is 23.8 Å². The minimum absolute atomic E-state index is 0.218. The zero-order chi connectivity index (χ0) is 54.2. The van der Waals surface area contributed by atoms with Crippen LogP contribution < -0.4 is 11.1 Å². The van der Waals surface area contributed by atoms with Gasteiger partial charge in [-0.3, -0.25) is 14.6 Å². The maximum atomic E-state index is 12.9. The van der Waals surface area contributed by atoms with Crippen LogP contribution in [-0.2, 0) is 36.5 Å². The third-order valence-corrected chi connectivity index (χ3v) is 16.8. The summed E-state index contributed by atoms with van der Waals surface area (Å²) in [6, 6.07) is 65.4. The molecule has 6 heterocycles. The number of pyridine rings is 3. The lowest BCUT2D eigenvalue weighted by Crippen LogP contribution is -2.22. The van der Waals surface area contributed by atoms with E-state index in [0.29, 0.717) is 11.3 Å². The van der Waals surface area contributed by atoms with Gasteiger partial charge in [0.2, 0.25) is 0 Å². The molecular formula is C71H59N5O2S. The zero-order valence-electron chi connectivity index (χ0n) is 45.3. The van der Waals surface area contributed by atoms with Crippen molar-refractivity contribution < 1.29 is 0 Å². The van der Waals surface area contributed by atoms with Crippen LogP contribution >= 0.6 is 11.3 Å². The van der Waals surface area contributed by atoms with Crippen LogP contribution in [0, 0.1) is 0 Å². The van der Waals surface area contributed by atoms with Crippen LogP contribution in [0.5, 0.6) is 0 Å². The minimum atomic E-state index is -0.225. The molecule has 13 aromatic rings. The van der Waals surface area contributed by atoms with E-state index < -0.39 is 0 Å². The van der Waals surface area contributed by atoms with E-state index in [1.807, 2.05) is 23.6 Å². The van der Waals surface area contributed by atoms with Gasteiger partial charge in [-0.05, 0) is 135 Å². The monoisotopic (exact) mass is 1050 g/mol.